The molecule has 0 radical (unpaired) electrons. The molecule has 2 aliphatic carbocycles. The average Bonchev–Trinajstić information content (AvgIpc) is 2.29. The summed E-state index contributed by atoms with van der Waals surface area (Å²) in [5.41, 5.74) is 0. The third-order valence-electron chi connectivity index (χ3n) is 2.53. The average molecular weight is 248 g/mol. The summed E-state index contributed by atoms with van der Waals surface area (Å²) in [7, 11) is 0. The standard InChI is InChI=1S/C7H6Cl4O/c8-4-5(9)7(11)2-6(4,10)1-3(7)12/h3,12H,1-2H2/t3-,6?,7?/m1/s1. The molecule has 0 aromatic rings. The number of hydrogen-bond donors (Lipinski definition) is 1. The molecule has 1 N–H and O–H groups in total. The number of alkyl halides is 2. The van der Waals surface area contributed by atoms with E-state index in [4.69, 9.17) is 46.4 Å². The van der Waals surface area contributed by atoms with Gasteiger partial charge in [-0.25, -0.2) is 0 Å². The summed E-state index contributed by atoms with van der Waals surface area (Å²) in [5, 5.41) is 10.2. The number of halogens is 4. The molecular weight excluding hydrogens is 242 g/mol. The van der Waals surface area contributed by atoms with E-state index in [-0.39, 0.29) is 0 Å². The summed E-state index contributed by atoms with van der Waals surface area (Å²) < 4.78 is 0. The fraction of sp³-hybridized carbons (Fsp3) is 0.714. The lowest BCUT2D eigenvalue weighted by Crippen LogP contribution is -2.32. The number of rotatable bonds is 0. The van der Waals surface area contributed by atoms with Crippen molar-refractivity contribution >= 4 is 46.4 Å². The zero-order valence-electron chi connectivity index (χ0n) is 5.95. The Bertz CT molecular complexity index is 277. The lowest BCUT2D eigenvalue weighted by Gasteiger charge is -2.25. The van der Waals surface area contributed by atoms with Crippen molar-refractivity contribution < 1.29 is 5.11 Å². The van der Waals surface area contributed by atoms with Crippen LogP contribution in [0.3, 0.4) is 0 Å². The Morgan fingerprint density at radius 2 is 1.83 bits per heavy atom. The molecule has 2 aliphatic rings. The third kappa shape index (κ3) is 0.921. The van der Waals surface area contributed by atoms with E-state index < -0.39 is 15.9 Å². The third-order valence-corrected chi connectivity index (χ3v) is 4.95. The highest BCUT2D eigenvalue weighted by Gasteiger charge is 2.62. The van der Waals surface area contributed by atoms with Gasteiger partial charge in [0.15, 0.2) is 0 Å². The molecular formula is C7H6Cl4O. The maximum atomic E-state index is 9.54. The second-order valence-electron chi connectivity index (χ2n) is 3.35. The van der Waals surface area contributed by atoms with Gasteiger partial charge in [-0.3, -0.25) is 0 Å². The van der Waals surface area contributed by atoms with E-state index >= 15 is 0 Å². The lowest BCUT2D eigenvalue weighted by molar-refractivity contribution is 0.158. The number of hydrogen-bond acceptors (Lipinski definition) is 1. The van der Waals surface area contributed by atoms with Gasteiger partial charge in [0.05, 0.1) is 21.0 Å². The molecule has 1 nitrogen and oxygen atoms in total. The van der Waals surface area contributed by atoms with Crippen LogP contribution in [0.2, 0.25) is 0 Å². The van der Waals surface area contributed by atoms with E-state index in [2.05, 4.69) is 0 Å². The van der Waals surface area contributed by atoms with Crippen LogP contribution in [-0.4, -0.2) is 21.0 Å². The second kappa shape index (κ2) is 2.46. The van der Waals surface area contributed by atoms with Gasteiger partial charge in [-0.2, -0.15) is 0 Å². The molecule has 0 aromatic heterocycles. The highest BCUT2D eigenvalue weighted by atomic mass is 35.5. The van der Waals surface area contributed by atoms with Crippen LogP contribution >= 0.6 is 46.4 Å². The van der Waals surface area contributed by atoms with Crippen LogP contribution in [0, 0.1) is 0 Å². The maximum absolute atomic E-state index is 9.54. The molecule has 1 saturated carbocycles. The highest BCUT2D eigenvalue weighted by Crippen LogP contribution is 2.62. The topological polar surface area (TPSA) is 20.2 Å². The van der Waals surface area contributed by atoms with Crippen molar-refractivity contribution in [1.29, 1.82) is 0 Å². The molecule has 2 bridgehead atoms. The van der Waals surface area contributed by atoms with Crippen molar-refractivity contribution in [3.05, 3.63) is 10.1 Å². The lowest BCUT2D eigenvalue weighted by atomic mass is 10.0. The van der Waals surface area contributed by atoms with E-state index in [0.29, 0.717) is 22.9 Å². The first-order chi connectivity index (χ1) is 5.40. The molecule has 0 aliphatic heterocycles. The van der Waals surface area contributed by atoms with E-state index in [1.165, 1.54) is 0 Å². The molecule has 0 saturated heterocycles. The normalized spacial score (nSPS) is 52.2. The van der Waals surface area contributed by atoms with Gasteiger partial charge in [0.2, 0.25) is 0 Å². The fourth-order valence-corrected chi connectivity index (χ4v) is 3.54. The van der Waals surface area contributed by atoms with Crippen LogP contribution in [0.1, 0.15) is 12.8 Å². The molecule has 3 atom stereocenters. The van der Waals surface area contributed by atoms with E-state index in [1.807, 2.05) is 0 Å². The first kappa shape index (κ1) is 9.42. The molecule has 0 heterocycles. The molecule has 0 aromatic carbocycles. The van der Waals surface area contributed by atoms with Gasteiger partial charge in [-0.15, -0.1) is 23.2 Å². The predicted octanol–water partition coefficient (Wildman–Crippen LogP) is 2.80. The Morgan fingerprint density at radius 1 is 1.25 bits per heavy atom. The summed E-state index contributed by atoms with van der Waals surface area (Å²) in [6, 6.07) is 0. The van der Waals surface area contributed by atoms with Gasteiger partial charge in [0.1, 0.15) is 4.87 Å². The first-order valence-electron chi connectivity index (χ1n) is 3.52. The summed E-state index contributed by atoms with van der Waals surface area (Å²) >= 11 is 23.9. The minimum Gasteiger partial charge on any atom is -0.391 e. The SMILES string of the molecule is O[C@@H]1CC2(Cl)CC1(Cl)C(Cl)=C2Cl. The minimum absolute atomic E-state index is 0.305. The summed E-state index contributed by atoms with van der Waals surface area (Å²) in [6.45, 7) is 0. The largest absolute Gasteiger partial charge is 0.391 e. The van der Waals surface area contributed by atoms with Crippen LogP contribution in [-0.2, 0) is 0 Å². The van der Waals surface area contributed by atoms with Gasteiger partial charge in [0.25, 0.3) is 0 Å². The minimum atomic E-state index is -0.930. The molecule has 0 amide bonds. The zero-order chi connectivity index (χ0) is 9.15. The van der Waals surface area contributed by atoms with Crippen molar-refractivity contribution in [2.75, 3.05) is 0 Å². The van der Waals surface area contributed by atoms with Crippen LogP contribution in [0.5, 0.6) is 0 Å². The van der Waals surface area contributed by atoms with Crippen LogP contribution in [0.4, 0.5) is 0 Å². The van der Waals surface area contributed by atoms with Crippen LogP contribution in [0.25, 0.3) is 0 Å². The number of allylic oxidation sites excluding steroid dienone is 1. The van der Waals surface area contributed by atoms with E-state index in [0.717, 1.165) is 0 Å². The van der Waals surface area contributed by atoms with Crippen molar-refractivity contribution in [1.82, 2.24) is 0 Å². The summed E-state index contributed by atoms with van der Waals surface area (Å²) in [4.78, 5) is -1.65. The Balaban J connectivity index is 2.54. The maximum Gasteiger partial charge on any atom is 0.109 e. The highest BCUT2D eigenvalue weighted by molar-refractivity contribution is 6.51. The first-order valence-corrected chi connectivity index (χ1v) is 5.03. The van der Waals surface area contributed by atoms with Crippen LogP contribution in [0.15, 0.2) is 10.1 Å². The van der Waals surface area contributed by atoms with Gasteiger partial charge < -0.3 is 5.11 Å². The molecule has 2 unspecified atom stereocenters. The molecule has 12 heavy (non-hydrogen) atoms. The van der Waals surface area contributed by atoms with Crippen molar-refractivity contribution in [3.8, 4) is 0 Å². The molecule has 0 spiro atoms. The Labute approximate surface area is 90.2 Å². The predicted molar refractivity (Wildman–Crippen MR) is 51.1 cm³/mol. The van der Waals surface area contributed by atoms with Crippen LogP contribution < -0.4 is 0 Å². The van der Waals surface area contributed by atoms with Gasteiger partial charge in [-0.1, -0.05) is 23.2 Å². The van der Waals surface area contributed by atoms with Gasteiger partial charge in [0, 0.05) is 0 Å². The molecule has 1 fully saturated rings. The monoisotopic (exact) mass is 246 g/mol. The molecule has 5 heteroatoms. The Hall–Kier alpha value is 0.860. The summed E-state index contributed by atoms with van der Waals surface area (Å²) in [5.74, 6) is 0. The van der Waals surface area contributed by atoms with Gasteiger partial charge >= 0.3 is 0 Å². The number of aliphatic hydroxyl groups excluding tert-OH is 1. The Kier molecular flexibility index (Phi) is 1.93. The van der Waals surface area contributed by atoms with Crippen molar-refractivity contribution in [2.45, 2.75) is 28.7 Å². The quantitative estimate of drug-likeness (QED) is 0.653. The number of fused-ring (bicyclic) bond motifs is 2. The van der Waals surface area contributed by atoms with Crippen molar-refractivity contribution in [3.63, 3.8) is 0 Å². The zero-order valence-corrected chi connectivity index (χ0v) is 8.97. The molecule has 68 valence electrons. The summed E-state index contributed by atoms with van der Waals surface area (Å²) in [6.07, 6.45) is 0.112. The van der Waals surface area contributed by atoms with Gasteiger partial charge in [-0.05, 0) is 12.8 Å². The number of aliphatic hydroxyl groups is 1. The van der Waals surface area contributed by atoms with E-state index in [9.17, 15) is 5.11 Å². The Morgan fingerprint density at radius 3 is 2.17 bits per heavy atom. The molecule has 2 rings (SSSR count). The van der Waals surface area contributed by atoms with E-state index in [1.54, 1.807) is 0 Å². The second-order valence-corrected chi connectivity index (χ2v) is 5.51. The van der Waals surface area contributed by atoms with Crippen molar-refractivity contribution in [2.24, 2.45) is 0 Å². The smallest absolute Gasteiger partial charge is 0.109 e. The fourth-order valence-electron chi connectivity index (χ4n) is 1.84.